The van der Waals surface area contributed by atoms with Crippen LogP contribution in [-0.4, -0.2) is 17.7 Å². The number of carbonyl (C=O) groups is 2. The molecule has 102 valence electrons. The number of nitrogens with one attached hydrogen (secondary N) is 1. The molecule has 1 fully saturated rings. The standard InChI is InChI=1S/C14H15F2NO2/c15-12-3-1-2-9(14(12)16)8-13(19)17-10-4-6-11(18)7-5-10/h1-3,10H,4-8H2,(H,17,19). The van der Waals surface area contributed by atoms with Crippen molar-refractivity contribution in [1.82, 2.24) is 5.32 Å². The maximum absolute atomic E-state index is 13.4. The van der Waals surface area contributed by atoms with Gasteiger partial charge in [0.2, 0.25) is 5.91 Å². The Bertz CT molecular complexity index is 492. The maximum Gasteiger partial charge on any atom is 0.224 e. The molecule has 0 aromatic heterocycles. The van der Waals surface area contributed by atoms with E-state index in [4.69, 9.17) is 0 Å². The molecule has 0 spiro atoms. The van der Waals surface area contributed by atoms with Gasteiger partial charge in [-0.3, -0.25) is 9.59 Å². The number of hydrogen-bond acceptors (Lipinski definition) is 2. The van der Waals surface area contributed by atoms with Crippen LogP contribution in [0.15, 0.2) is 18.2 Å². The number of benzene rings is 1. The van der Waals surface area contributed by atoms with E-state index in [1.54, 1.807) is 0 Å². The predicted molar refractivity (Wildman–Crippen MR) is 65.5 cm³/mol. The molecule has 1 saturated carbocycles. The zero-order valence-electron chi connectivity index (χ0n) is 10.4. The van der Waals surface area contributed by atoms with Crippen molar-refractivity contribution in [1.29, 1.82) is 0 Å². The van der Waals surface area contributed by atoms with Crippen LogP contribution in [0.1, 0.15) is 31.2 Å². The first kappa shape index (κ1) is 13.6. The van der Waals surface area contributed by atoms with E-state index < -0.39 is 11.6 Å². The van der Waals surface area contributed by atoms with Gasteiger partial charge >= 0.3 is 0 Å². The Morgan fingerprint density at radius 1 is 1.26 bits per heavy atom. The zero-order chi connectivity index (χ0) is 13.8. The molecule has 0 unspecified atom stereocenters. The van der Waals surface area contributed by atoms with Crippen molar-refractivity contribution in [2.45, 2.75) is 38.1 Å². The van der Waals surface area contributed by atoms with E-state index in [1.165, 1.54) is 12.1 Å². The molecule has 1 aromatic rings. The van der Waals surface area contributed by atoms with Crippen LogP contribution in [0.4, 0.5) is 8.78 Å². The van der Waals surface area contributed by atoms with Crippen LogP contribution >= 0.6 is 0 Å². The Labute approximate surface area is 110 Å². The molecule has 0 saturated heterocycles. The molecule has 0 atom stereocenters. The van der Waals surface area contributed by atoms with Gasteiger partial charge in [-0.15, -0.1) is 0 Å². The Hall–Kier alpha value is -1.78. The van der Waals surface area contributed by atoms with Crippen molar-refractivity contribution in [3.05, 3.63) is 35.4 Å². The van der Waals surface area contributed by atoms with Crippen LogP contribution in [0, 0.1) is 11.6 Å². The fourth-order valence-corrected chi connectivity index (χ4v) is 2.22. The fraction of sp³-hybridized carbons (Fsp3) is 0.429. The van der Waals surface area contributed by atoms with Crippen LogP contribution in [0.3, 0.4) is 0 Å². The highest BCUT2D eigenvalue weighted by molar-refractivity contribution is 5.81. The summed E-state index contributed by atoms with van der Waals surface area (Å²) in [6.45, 7) is 0. The summed E-state index contributed by atoms with van der Waals surface area (Å²) in [5.74, 6) is -2.06. The van der Waals surface area contributed by atoms with Gasteiger partial charge in [-0.1, -0.05) is 12.1 Å². The molecule has 1 aliphatic carbocycles. The quantitative estimate of drug-likeness (QED) is 0.912. The van der Waals surface area contributed by atoms with Crippen LogP contribution in [-0.2, 0) is 16.0 Å². The Morgan fingerprint density at radius 3 is 2.63 bits per heavy atom. The number of Topliss-reactive ketones (excluding diaryl/α,β-unsaturated/α-hetero) is 1. The van der Waals surface area contributed by atoms with E-state index in [2.05, 4.69) is 5.32 Å². The monoisotopic (exact) mass is 267 g/mol. The molecule has 1 aliphatic rings. The first-order valence-corrected chi connectivity index (χ1v) is 6.30. The third-order valence-electron chi connectivity index (χ3n) is 3.29. The lowest BCUT2D eigenvalue weighted by atomic mass is 9.94. The first-order chi connectivity index (χ1) is 9.06. The number of rotatable bonds is 3. The molecular weight excluding hydrogens is 252 g/mol. The van der Waals surface area contributed by atoms with Crippen LogP contribution < -0.4 is 5.32 Å². The molecule has 0 bridgehead atoms. The van der Waals surface area contributed by atoms with E-state index in [1.807, 2.05) is 0 Å². The van der Waals surface area contributed by atoms with Gasteiger partial charge in [-0.2, -0.15) is 0 Å². The lowest BCUT2D eigenvalue weighted by molar-refractivity contribution is -0.124. The highest BCUT2D eigenvalue weighted by Crippen LogP contribution is 2.16. The van der Waals surface area contributed by atoms with E-state index >= 15 is 0 Å². The topological polar surface area (TPSA) is 46.2 Å². The fourth-order valence-electron chi connectivity index (χ4n) is 2.22. The van der Waals surface area contributed by atoms with Crippen molar-refractivity contribution >= 4 is 11.7 Å². The van der Waals surface area contributed by atoms with Crippen LogP contribution in [0.2, 0.25) is 0 Å². The number of halogens is 2. The predicted octanol–water partition coefficient (Wildman–Crippen LogP) is 2.14. The summed E-state index contributed by atoms with van der Waals surface area (Å²) in [6, 6.07) is 3.74. The normalized spacial score (nSPS) is 16.4. The summed E-state index contributed by atoms with van der Waals surface area (Å²) in [7, 11) is 0. The minimum atomic E-state index is -0.975. The summed E-state index contributed by atoms with van der Waals surface area (Å²) in [6.07, 6.45) is 2.00. The molecule has 2 rings (SSSR count). The van der Waals surface area contributed by atoms with Crippen molar-refractivity contribution in [2.24, 2.45) is 0 Å². The molecule has 19 heavy (non-hydrogen) atoms. The molecule has 0 radical (unpaired) electrons. The minimum Gasteiger partial charge on any atom is -0.353 e. The number of ketones is 1. The number of amides is 1. The zero-order valence-corrected chi connectivity index (χ0v) is 10.4. The molecule has 5 heteroatoms. The van der Waals surface area contributed by atoms with Gasteiger partial charge in [0.25, 0.3) is 0 Å². The third kappa shape index (κ3) is 3.59. The van der Waals surface area contributed by atoms with Crippen LogP contribution in [0.25, 0.3) is 0 Å². The SMILES string of the molecule is O=C1CCC(NC(=O)Cc2cccc(F)c2F)CC1. The molecule has 3 nitrogen and oxygen atoms in total. The number of carbonyl (C=O) groups excluding carboxylic acids is 2. The third-order valence-corrected chi connectivity index (χ3v) is 3.29. The van der Waals surface area contributed by atoms with E-state index in [0.717, 1.165) is 6.07 Å². The Morgan fingerprint density at radius 2 is 1.95 bits per heavy atom. The highest BCUT2D eigenvalue weighted by Gasteiger charge is 2.20. The number of hydrogen-bond donors (Lipinski definition) is 1. The molecular formula is C14H15F2NO2. The van der Waals surface area contributed by atoms with Gasteiger partial charge in [-0.25, -0.2) is 8.78 Å². The average Bonchev–Trinajstić information content (AvgIpc) is 2.38. The van der Waals surface area contributed by atoms with Gasteiger partial charge in [0.05, 0.1) is 6.42 Å². The second-order valence-electron chi connectivity index (χ2n) is 4.77. The smallest absolute Gasteiger partial charge is 0.224 e. The maximum atomic E-state index is 13.4. The molecule has 0 aliphatic heterocycles. The molecule has 0 heterocycles. The average molecular weight is 267 g/mol. The van der Waals surface area contributed by atoms with Crippen molar-refractivity contribution in [3.8, 4) is 0 Å². The van der Waals surface area contributed by atoms with Crippen LogP contribution in [0.5, 0.6) is 0 Å². The second kappa shape index (κ2) is 5.91. The minimum absolute atomic E-state index is 0.0400. The summed E-state index contributed by atoms with van der Waals surface area (Å²) in [5.41, 5.74) is 0.0457. The largest absolute Gasteiger partial charge is 0.353 e. The summed E-state index contributed by atoms with van der Waals surface area (Å²) in [4.78, 5) is 22.8. The van der Waals surface area contributed by atoms with E-state index in [0.29, 0.717) is 25.7 Å². The van der Waals surface area contributed by atoms with Crippen molar-refractivity contribution in [3.63, 3.8) is 0 Å². The van der Waals surface area contributed by atoms with Crippen molar-refractivity contribution in [2.75, 3.05) is 0 Å². The Balaban J connectivity index is 1.91. The molecule has 1 amide bonds. The summed E-state index contributed by atoms with van der Waals surface area (Å²) < 4.78 is 26.4. The van der Waals surface area contributed by atoms with Gasteiger partial charge in [0.1, 0.15) is 5.78 Å². The van der Waals surface area contributed by atoms with E-state index in [-0.39, 0.29) is 29.7 Å². The van der Waals surface area contributed by atoms with E-state index in [9.17, 15) is 18.4 Å². The Kier molecular flexibility index (Phi) is 4.24. The lowest BCUT2D eigenvalue weighted by Crippen LogP contribution is -2.38. The summed E-state index contributed by atoms with van der Waals surface area (Å²) >= 11 is 0. The molecule has 1 N–H and O–H groups in total. The summed E-state index contributed by atoms with van der Waals surface area (Å²) in [5, 5.41) is 2.75. The second-order valence-corrected chi connectivity index (χ2v) is 4.77. The lowest BCUT2D eigenvalue weighted by Gasteiger charge is -2.22. The highest BCUT2D eigenvalue weighted by atomic mass is 19.2. The molecule has 1 aromatic carbocycles. The van der Waals surface area contributed by atoms with Gasteiger partial charge in [-0.05, 0) is 18.9 Å². The van der Waals surface area contributed by atoms with Gasteiger partial charge < -0.3 is 5.32 Å². The van der Waals surface area contributed by atoms with Gasteiger partial charge in [0.15, 0.2) is 11.6 Å². The first-order valence-electron chi connectivity index (χ1n) is 6.30. The van der Waals surface area contributed by atoms with Gasteiger partial charge in [0, 0.05) is 24.4 Å². The van der Waals surface area contributed by atoms with Crippen molar-refractivity contribution < 1.29 is 18.4 Å².